The summed E-state index contributed by atoms with van der Waals surface area (Å²) >= 11 is 0. The van der Waals surface area contributed by atoms with E-state index in [-0.39, 0.29) is 0 Å². The van der Waals surface area contributed by atoms with Crippen molar-refractivity contribution in [2.24, 2.45) is 11.7 Å². The molecule has 0 aromatic heterocycles. The molecule has 3 heteroatoms. The van der Waals surface area contributed by atoms with Crippen LogP contribution in [0.3, 0.4) is 0 Å². The lowest BCUT2D eigenvalue weighted by Crippen LogP contribution is -2.42. The van der Waals surface area contributed by atoms with Gasteiger partial charge in [0.2, 0.25) is 0 Å². The molecule has 1 atom stereocenters. The molecule has 1 unspecified atom stereocenters. The summed E-state index contributed by atoms with van der Waals surface area (Å²) in [5.41, 5.74) is 8.30. The van der Waals surface area contributed by atoms with Crippen molar-refractivity contribution in [3.05, 3.63) is 23.8 Å². The zero-order valence-electron chi connectivity index (χ0n) is 13.1. The number of hydrogen-bond acceptors (Lipinski definition) is 3. The second kappa shape index (κ2) is 6.80. The van der Waals surface area contributed by atoms with E-state index in [9.17, 15) is 0 Å². The van der Waals surface area contributed by atoms with Gasteiger partial charge < -0.3 is 15.4 Å². The normalized spacial score (nSPS) is 12.9. The topological polar surface area (TPSA) is 38.5 Å². The number of benzene rings is 1. The van der Waals surface area contributed by atoms with Gasteiger partial charge in [0.1, 0.15) is 5.75 Å². The van der Waals surface area contributed by atoms with Gasteiger partial charge in [0.15, 0.2) is 0 Å². The van der Waals surface area contributed by atoms with E-state index in [0.717, 1.165) is 11.4 Å². The third-order valence-electron chi connectivity index (χ3n) is 3.76. The minimum absolute atomic E-state index is 0.318. The molecule has 1 aromatic carbocycles. The van der Waals surface area contributed by atoms with Crippen LogP contribution in [0.2, 0.25) is 0 Å². The summed E-state index contributed by atoms with van der Waals surface area (Å²) in [5, 5.41) is 0. The number of likely N-dealkylation sites (N-methyl/N-ethyl adjacent to an activating group) is 1. The number of rotatable bonds is 6. The standard InChI is InChI=1S/C16H28N2O/c1-11(2)13-7-8-14(16(9-13)19-6)18(5)15(10-17)12(3)4/h7-9,11-12,15H,10,17H2,1-6H3. The molecule has 19 heavy (non-hydrogen) atoms. The molecule has 0 saturated heterocycles. The molecule has 0 fully saturated rings. The van der Waals surface area contributed by atoms with Crippen LogP contribution in [0.1, 0.15) is 39.2 Å². The summed E-state index contributed by atoms with van der Waals surface area (Å²) in [6.07, 6.45) is 0. The highest BCUT2D eigenvalue weighted by Crippen LogP contribution is 2.32. The van der Waals surface area contributed by atoms with Gasteiger partial charge in [-0.3, -0.25) is 0 Å². The van der Waals surface area contributed by atoms with Crippen LogP contribution in [0.25, 0.3) is 0 Å². The Balaban J connectivity index is 3.12. The maximum Gasteiger partial charge on any atom is 0.142 e. The molecule has 3 nitrogen and oxygen atoms in total. The summed E-state index contributed by atoms with van der Waals surface area (Å²) in [4.78, 5) is 2.23. The van der Waals surface area contributed by atoms with Crippen LogP contribution in [0.4, 0.5) is 5.69 Å². The third kappa shape index (κ3) is 3.63. The van der Waals surface area contributed by atoms with E-state index in [0.29, 0.717) is 24.4 Å². The van der Waals surface area contributed by atoms with E-state index in [4.69, 9.17) is 10.5 Å². The molecule has 1 aromatic rings. The van der Waals surface area contributed by atoms with Crippen LogP contribution in [0.15, 0.2) is 18.2 Å². The molecule has 0 heterocycles. The molecular formula is C16H28N2O. The number of nitrogens with two attached hydrogens (primary N) is 1. The first kappa shape index (κ1) is 15.8. The largest absolute Gasteiger partial charge is 0.495 e. The van der Waals surface area contributed by atoms with Crippen molar-refractivity contribution in [2.75, 3.05) is 25.6 Å². The van der Waals surface area contributed by atoms with Crippen LogP contribution in [0, 0.1) is 5.92 Å². The van der Waals surface area contributed by atoms with Gasteiger partial charge in [0.05, 0.1) is 12.8 Å². The highest BCUT2D eigenvalue weighted by Gasteiger charge is 2.20. The fourth-order valence-electron chi connectivity index (χ4n) is 2.40. The number of anilines is 1. The summed E-state index contributed by atoms with van der Waals surface area (Å²) in [6, 6.07) is 6.76. The Morgan fingerprint density at radius 3 is 2.26 bits per heavy atom. The minimum Gasteiger partial charge on any atom is -0.495 e. The van der Waals surface area contributed by atoms with E-state index in [1.807, 2.05) is 0 Å². The molecule has 0 aliphatic heterocycles. The second-order valence-electron chi connectivity index (χ2n) is 5.74. The van der Waals surface area contributed by atoms with Gasteiger partial charge in [-0.15, -0.1) is 0 Å². The molecule has 0 saturated carbocycles. The Morgan fingerprint density at radius 1 is 1.21 bits per heavy atom. The average Bonchev–Trinajstić information content (AvgIpc) is 2.37. The lowest BCUT2D eigenvalue weighted by atomic mass is 10.00. The molecule has 0 aliphatic rings. The monoisotopic (exact) mass is 264 g/mol. The van der Waals surface area contributed by atoms with Crippen molar-refractivity contribution in [2.45, 2.75) is 39.7 Å². The first-order chi connectivity index (χ1) is 8.92. The van der Waals surface area contributed by atoms with Gasteiger partial charge in [-0.05, 0) is 29.5 Å². The fraction of sp³-hybridized carbons (Fsp3) is 0.625. The van der Waals surface area contributed by atoms with Crippen molar-refractivity contribution in [3.8, 4) is 5.75 Å². The molecule has 0 radical (unpaired) electrons. The maximum absolute atomic E-state index is 5.90. The van der Waals surface area contributed by atoms with Crippen molar-refractivity contribution in [3.63, 3.8) is 0 Å². The average molecular weight is 264 g/mol. The van der Waals surface area contributed by atoms with Gasteiger partial charge in [-0.2, -0.15) is 0 Å². The maximum atomic E-state index is 5.90. The van der Waals surface area contributed by atoms with Crippen LogP contribution in [0.5, 0.6) is 5.75 Å². The summed E-state index contributed by atoms with van der Waals surface area (Å²) < 4.78 is 5.55. The van der Waals surface area contributed by atoms with Crippen LogP contribution in [-0.2, 0) is 0 Å². The van der Waals surface area contributed by atoms with Gasteiger partial charge in [0.25, 0.3) is 0 Å². The van der Waals surface area contributed by atoms with Crippen molar-refractivity contribution < 1.29 is 4.74 Å². The fourth-order valence-corrected chi connectivity index (χ4v) is 2.40. The van der Waals surface area contributed by atoms with E-state index in [1.54, 1.807) is 7.11 Å². The molecule has 108 valence electrons. The quantitative estimate of drug-likeness (QED) is 0.857. The van der Waals surface area contributed by atoms with E-state index >= 15 is 0 Å². The highest BCUT2D eigenvalue weighted by atomic mass is 16.5. The summed E-state index contributed by atoms with van der Waals surface area (Å²) in [6.45, 7) is 9.42. The van der Waals surface area contributed by atoms with Gasteiger partial charge in [-0.25, -0.2) is 0 Å². The smallest absolute Gasteiger partial charge is 0.142 e. The molecule has 0 bridgehead atoms. The van der Waals surface area contributed by atoms with Gasteiger partial charge in [0, 0.05) is 19.6 Å². The van der Waals surface area contributed by atoms with E-state index in [1.165, 1.54) is 5.56 Å². The van der Waals surface area contributed by atoms with Crippen molar-refractivity contribution in [1.82, 2.24) is 0 Å². The Bertz CT molecular complexity index is 402. The number of nitrogens with zero attached hydrogens (tertiary/aromatic N) is 1. The Kier molecular flexibility index (Phi) is 5.67. The lowest BCUT2D eigenvalue weighted by molar-refractivity contribution is 0.408. The molecule has 0 aliphatic carbocycles. The zero-order chi connectivity index (χ0) is 14.6. The second-order valence-corrected chi connectivity index (χ2v) is 5.74. The lowest BCUT2D eigenvalue weighted by Gasteiger charge is -2.33. The predicted molar refractivity (Wildman–Crippen MR) is 83.2 cm³/mol. The van der Waals surface area contributed by atoms with Crippen LogP contribution in [-0.4, -0.2) is 26.7 Å². The SMILES string of the molecule is COc1cc(C(C)C)ccc1N(C)C(CN)C(C)C. The number of hydrogen-bond donors (Lipinski definition) is 1. The Hall–Kier alpha value is -1.22. The summed E-state index contributed by atoms with van der Waals surface area (Å²) in [5.74, 6) is 1.93. The van der Waals surface area contributed by atoms with Crippen LogP contribution < -0.4 is 15.4 Å². The van der Waals surface area contributed by atoms with Gasteiger partial charge in [-0.1, -0.05) is 33.8 Å². The first-order valence-corrected chi connectivity index (χ1v) is 7.03. The minimum atomic E-state index is 0.318. The summed E-state index contributed by atoms with van der Waals surface area (Å²) in [7, 11) is 3.81. The number of ether oxygens (including phenoxy) is 1. The Labute approximate surface area is 117 Å². The molecule has 0 amide bonds. The first-order valence-electron chi connectivity index (χ1n) is 7.03. The molecule has 2 N–H and O–H groups in total. The van der Waals surface area contributed by atoms with Crippen molar-refractivity contribution >= 4 is 5.69 Å². The number of methoxy groups -OCH3 is 1. The molecule has 0 spiro atoms. The van der Waals surface area contributed by atoms with Crippen molar-refractivity contribution in [1.29, 1.82) is 0 Å². The third-order valence-corrected chi connectivity index (χ3v) is 3.76. The molecular weight excluding hydrogens is 236 g/mol. The van der Waals surface area contributed by atoms with Crippen LogP contribution >= 0.6 is 0 Å². The van der Waals surface area contributed by atoms with E-state index in [2.05, 4.69) is 57.8 Å². The molecule has 1 rings (SSSR count). The zero-order valence-corrected chi connectivity index (χ0v) is 13.1. The predicted octanol–water partition coefficient (Wildman–Crippen LogP) is 3.24. The van der Waals surface area contributed by atoms with E-state index < -0.39 is 0 Å². The van der Waals surface area contributed by atoms with Gasteiger partial charge >= 0.3 is 0 Å². The highest BCUT2D eigenvalue weighted by molar-refractivity contribution is 5.60. The Morgan fingerprint density at radius 2 is 1.84 bits per heavy atom.